The van der Waals surface area contributed by atoms with Gasteiger partial charge < -0.3 is 20.0 Å². The molecule has 0 radical (unpaired) electrons. The van der Waals surface area contributed by atoms with E-state index >= 15 is 0 Å². The van der Waals surface area contributed by atoms with E-state index < -0.39 is 0 Å². The van der Waals surface area contributed by atoms with Crippen LogP contribution in [0.15, 0.2) is 29.5 Å². The first kappa shape index (κ1) is 25.7. The van der Waals surface area contributed by atoms with E-state index in [0.717, 1.165) is 37.9 Å². The number of aliphatic imine (C=N–C) groups is 1. The van der Waals surface area contributed by atoms with Gasteiger partial charge in [0.05, 0.1) is 0 Å². The Morgan fingerprint density at radius 3 is 2.39 bits per heavy atom. The van der Waals surface area contributed by atoms with E-state index in [0.29, 0.717) is 6.04 Å². The van der Waals surface area contributed by atoms with E-state index in [2.05, 4.69) is 44.3 Å². The Hall–Kier alpha value is -1.58. The monoisotopic (exact) mass is 542 g/mol. The SMILES string of the molecule is CN(C)C(=O)CN=C(NC1CCCC1)N(C)CCC1CCN(c2ccncc2)CC1.I. The van der Waals surface area contributed by atoms with E-state index in [1.165, 1.54) is 44.2 Å². The maximum atomic E-state index is 12.0. The molecule has 1 saturated carbocycles. The van der Waals surface area contributed by atoms with Crippen molar-refractivity contribution in [2.45, 2.75) is 51.0 Å². The van der Waals surface area contributed by atoms with Crippen molar-refractivity contribution in [2.24, 2.45) is 10.9 Å². The van der Waals surface area contributed by atoms with Gasteiger partial charge in [0, 0.05) is 64.9 Å². The summed E-state index contributed by atoms with van der Waals surface area (Å²) in [6.45, 7) is 3.39. The number of carbonyl (C=O) groups excluding carboxylic acids is 1. The summed E-state index contributed by atoms with van der Waals surface area (Å²) in [6, 6.07) is 4.69. The number of hydrogen-bond donors (Lipinski definition) is 1. The van der Waals surface area contributed by atoms with E-state index in [1.54, 1.807) is 19.0 Å². The Kier molecular flexibility index (Phi) is 10.8. The van der Waals surface area contributed by atoms with Gasteiger partial charge in [0.2, 0.25) is 5.91 Å². The number of halogens is 1. The van der Waals surface area contributed by atoms with Crippen molar-refractivity contribution in [3.05, 3.63) is 24.5 Å². The number of nitrogens with one attached hydrogen (secondary N) is 1. The van der Waals surface area contributed by atoms with Gasteiger partial charge in [0.25, 0.3) is 0 Å². The standard InChI is InChI=1S/C23H38N6O.HI/c1-27(2)22(30)18-25-23(26-20-6-4-5-7-20)28(3)15-10-19-11-16-29(17-12-19)21-8-13-24-14-9-21;/h8-9,13-14,19-20H,4-7,10-12,15-18H2,1-3H3,(H,25,26);1H. The number of piperidine rings is 1. The average molecular weight is 543 g/mol. The molecule has 0 unspecified atom stereocenters. The number of guanidine groups is 1. The van der Waals surface area contributed by atoms with Crippen molar-refractivity contribution >= 4 is 41.5 Å². The predicted octanol–water partition coefficient (Wildman–Crippen LogP) is 3.21. The zero-order valence-electron chi connectivity index (χ0n) is 19.3. The number of nitrogens with zero attached hydrogens (tertiary/aromatic N) is 5. The smallest absolute Gasteiger partial charge is 0.243 e. The topological polar surface area (TPSA) is 64.1 Å². The molecule has 1 saturated heterocycles. The molecule has 0 bridgehead atoms. The molecule has 2 aliphatic rings. The third kappa shape index (κ3) is 8.12. The molecule has 2 fully saturated rings. The van der Waals surface area contributed by atoms with Gasteiger partial charge in [-0.1, -0.05) is 12.8 Å². The van der Waals surface area contributed by atoms with Crippen LogP contribution in [0, 0.1) is 5.92 Å². The van der Waals surface area contributed by atoms with Gasteiger partial charge in [-0.2, -0.15) is 0 Å². The van der Waals surface area contributed by atoms with Gasteiger partial charge >= 0.3 is 0 Å². The minimum absolute atomic E-state index is 0. The normalized spacial score (nSPS) is 17.9. The van der Waals surface area contributed by atoms with Crippen LogP contribution < -0.4 is 10.2 Å². The second-order valence-corrected chi connectivity index (χ2v) is 8.90. The van der Waals surface area contributed by atoms with E-state index in [-0.39, 0.29) is 36.4 Å². The molecule has 7 nitrogen and oxygen atoms in total. The molecule has 0 atom stereocenters. The summed E-state index contributed by atoms with van der Waals surface area (Å²) in [6.07, 6.45) is 12.3. The van der Waals surface area contributed by atoms with Crippen LogP contribution in [0.25, 0.3) is 0 Å². The largest absolute Gasteiger partial charge is 0.371 e. The first-order valence-electron chi connectivity index (χ1n) is 11.4. The maximum Gasteiger partial charge on any atom is 0.243 e. The number of carbonyl (C=O) groups is 1. The molecule has 174 valence electrons. The summed E-state index contributed by atoms with van der Waals surface area (Å²) < 4.78 is 0. The minimum atomic E-state index is 0. The first-order valence-corrected chi connectivity index (χ1v) is 11.4. The summed E-state index contributed by atoms with van der Waals surface area (Å²) in [4.78, 5) is 27.1. The quantitative estimate of drug-likeness (QED) is 0.326. The molecule has 1 amide bonds. The van der Waals surface area contributed by atoms with Crippen LogP contribution in [-0.2, 0) is 4.79 Å². The van der Waals surface area contributed by atoms with Crippen molar-refractivity contribution in [3.63, 3.8) is 0 Å². The zero-order chi connectivity index (χ0) is 21.3. The van der Waals surface area contributed by atoms with Crippen molar-refractivity contribution in [2.75, 3.05) is 52.2 Å². The average Bonchev–Trinajstić information content (AvgIpc) is 3.29. The third-order valence-corrected chi connectivity index (χ3v) is 6.43. The van der Waals surface area contributed by atoms with Crippen LogP contribution in [0.5, 0.6) is 0 Å². The summed E-state index contributed by atoms with van der Waals surface area (Å²) in [7, 11) is 5.67. The van der Waals surface area contributed by atoms with Crippen molar-refractivity contribution in [1.82, 2.24) is 20.1 Å². The Bertz CT molecular complexity index is 685. The highest BCUT2D eigenvalue weighted by Gasteiger charge is 2.22. The second kappa shape index (κ2) is 13.1. The lowest BCUT2D eigenvalue weighted by Gasteiger charge is -2.34. The maximum absolute atomic E-state index is 12.0. The molecule has 1 aromatic rings. The Labute approximate surface area is 204 Å². The van der Waals surface area contributed by atoms with E-state index in [1.807, 2.05) is 12.4 Å². The molecule has 1 N–H and O–H groups in total. The summed E-state index contributed by atoms with van der Waals surface area (Å²) >= 11 is 0. The van der Waals surface area contributed by atoms with Crippen LogP contribution in [0.4, 0.5) is 5.69 Å². The number of rotatable bonds is 7. The van der Waals surface area contributed by atoms with Gasteiger partial charge in [0.15, 0.2) is 5.96 Å². The van der Waals surface area contributed by atoms with Gasteiger partial charge in [-0.25, -0.2) is 4.99 Å². The van der Waals surface area contributed by atoms with Crippen LogP contribution in [0.1, 0.15) is 44.9 Å². The summed E-state index contributed by atoms with van der Waals surface area (Å²) in [5.74, 6) is 1.66. The predicted molar refractivity (Wildman–Crippen MR) is 138 cm³/mol. The summed E-state index contributed by atoms with van der Waals surface area (Å²) in [5, 5.41) is 3.62. The highest BCUT2D eigenvalue weighted by atomic mass is 127. The number of aromatic nitrogens is 1. The highest BCUT2D eigenvalue weighted by molar-refractivity contribution is 14.0. The fraction of sp³-hybridized carbons (Fsp3) is 0.696. The number of amides is 1. The molecule has 0 aromatic carbocycles. The van der Waals surface area contributed by atoms with Crippen LogP contribution in [0.2, 0.25) is 0 Å². The van der Waals surface area contributed by atoms with Crippen molar-refractivity contribution in [1.29, 1.82) is 0 Å². The Balaban J connectivity index is 0.00000341. The van der Waals surface area contributed by atoms with E-state index in [4.69, 9.17) is 0 Å². The molecule has 31 heavy (non-hydrogen) atoms. The molecule has 0 spiro atoms. The number of likely N-dealkylation sites (N-methyl/N-ethyl adjacent to an activating group) is 1. The zero-order valence-corrected chi connectivity index (χ0v) is 21.6. The lowest BCUT2D eigenvalue weighted by molar-refractivity contribution is -0.127. The molecule has 2 heterocycles. The second-order valence-electron chi connectivity index (χ2n) is 8.90. The van der Waals surface area contributed by atoms with Crippen LogP contribution >= 0.6 is 24.0 Å². The molecular weight excluding hydrogens is 503 g/mol. The molecule has 1 aliphatic carbocycles. The number of pyridine rings is 1. The molecule has 8 heteroatoms. The Morgan fingerprint density at radius 1 is 1.13 bits per heavy atom. The lowest BCUT2D eigenvalue weighted by atomic mass is 9.93. The first-order chi connectivity index (χ1) is 14.5. The Morgan fingerprint density at radius 2 is 1.77 bits per heavy atom. The number of hydrogen-bond acceptors (Lipinski definition) is 4. The summed E-state index contributed by atoms with van der Waals surface area (Å²) in [5.41, 5.74) is 1.28. The van der Waals surface area contributed by atoms with E-state index in [9.17, 15) is 4.79 Å². The molecule has 1 aromatic heterocycles. The van der Waals surface area contributed by atoms with Crippen LogP contribution in [-0.4, -0.2) is 80.0 Å². The minimum Gasteiger partial charge on any atom is -0.371 e. The van der Waals surface area contributed by atoms with Gasteiger partial charge in [-0.15, -0.1) is 24.0 Å². The lowest BCUT2D eigenvalue weighted by Crippen LogP contribution is -2.45. The fourth-order valence-electron chi connectivity index (χ4n) is 4.33. The third-order valence-electron chi connectivity index (χ3n) is 6.43. The number of anilines is 1. The molecular formula is C23H39IN6O. The molecule has 3 rings (SSSR count). The van der Waals surface area contributed by atoms with Gasteiger partial charge in [-0.05, 0) is 50.2 Å². The van der Waals surface area contributed by atoms with Crippen LogP contribution in [0.3, 0.4) is 0 Å². The van der Waals surface area contributed by atoms with Gasteiger partial charge in [0.1, 0.15) is 6.54 Å². The van der Waals surface area contributed by atoms with Crippen molar-refractivity contribution < 1.29 is 4.79 Å². The highest BCUT2D eigenvalue weighted by Crippen LogP contribution is 2.25. The van der Waals surface area contributed by atoms with Gasteiger partial charge in [-0.3, -0.25) is 9.78 Å². The fourth-order valence-corrected chi connectivity index (χ4v) is 4.33. The molecule has 1 aliphatic heterocycles. The van der Waals surface area contributed by atoms with Crippen molar-refractivity contribution in [3.8, 4) is 0 Å².